The van der Waals surface area contributed by atoms with Crippen molar-refractivity contribution < 1.29 is 9.53 Å². The number of esters is 1. The predicted molar refractivity (Wildman–Crippen MR) is 61.9 cm³/mol. The lowest BCUT2D eigenvalue weighted by molar-refractivity contribution is -0.143. The molecule has 0 fully saturated rings. The van der Waals surface area contributed by atoms with Gasteiger partial charge in [-0.25, -0.2) is 4.79 Å². The number of hydrogen-bond donors (Lipinski definition) is 0. The lowest BCUT2D eigenvalue weighted by atomic mass is 10.2. The lowest BCUT2D eigenvalue weighted by Gasteiger charge is -2.06. The molecule has 0 N–H and O–H groups in total. The topological polar surface area (TPSA) is 70.3 Å². The molecule has 17 heavy (non-hydrogen) atoms. The Balaban J connectivity index is 2.90. The van der Waals surface area contributed by atoms with E-state index in [0.29, 0.717) is 12.2 Å². The summed E-state index contributed by atoms with van der Waals surface area (Å²) in [5.41, 5.74) is -0.310. The first-order chi connectivity index (χ1) is 7.97. The van der Waals surface area contributed by atoms with Crippen molar-refractivity contribution in [3.8, 4) is 0 Å². The molecule has 0 bridgehead atoms. The van der Waals surface area contributed by atoms with E-state index in [-0.39, 0.29) is 30.1 Å². The quantitative estimate of drug-likeness (QED) is 0.670. The standard InChI is InChI=1S/C11H16N2O4/c1-4-17-9(14)6-5-8-7-12(2)11(16)13(3)10(8)15/h7H,4-6H2,1-3H3. The maximum atomic E-state index is 11.7. The van der Waals surface area contributed by atoms with Gasteiger partial charge in [-0.05, 0) is 13.3 Å². The van der Waals surface area contributed by atoms with Gasteiger partial charge < -0.3 is 9.30 Å². The molecule has 0 spiro atoms. The molecule has 0 amide bonds. The maximum Gasteiger partial charge on any atom is 0.330 e. The zero-order valence-corrected chi connectivity index (χ0v) is 10.2. The third-order valence-electron chi connectivity index (χ3n) is 2.42. The molecule has 6 nitrogen and oxygen atoms in total. The molecule has 0 aliphatic carbocycles. The fraction of sp³-hybridized carbons (Fsp3) is 0.545. The fourth-order valence-electron chi connectivity index (χ4n) is 1.52. The van der Waals surface area contributed by atoms with E-state index in [2.05, 4.69) is 0 Å². The van der Waals surface area contributed by atoms with Crippen molar-refractivity contribution in [2.24, 2.45) is 14.1 Å². The van der Waals surface area contributed by atoms with Crippen molar-refractivity contribution in [3.05, 3.63) is 32.6 Å². The van der Waals surface area contributed by atoms with E-state index in [1.165, 1.54) is 17.8 Å². The average molecular weight is 240 g/mol. The van der Waals surface area contributed by atoms with Crippen molar-refractivity contribution in [2.75, 3.05) is 6.61 Å². The minimum atomic E-state index is -0.380. The molecule has 1 aromatic rings. The Morgan fingerprint density at radius 2 is 2.00 bits per heavy atom. The number of hydrogen-bond acceptors (Lipinski definition) is 4. The number of ether oxygens (including phenoxy) is 1. The van der Waals surface area contributed by atoms with Gasteiger partial charge in [0.1, 0.15) is 0 Å². The Hall–Kier alpha value is -1.85. The molecule has 6 heteroatoms. The molecular formula is C11H16N2O4. The van der Waals surface area contributed by atoms with E-state index in [9.17, 15) is 14.4 Å². The first kappa shape index (κ1) is 13.2. The third kappa shape index (κ3) is 3.05. The molecule has 0 radical (unpaired) electrons. The van der Waals surface area contributed by atoms with Crippen molar-refractivity contribution >= 4 is 5.97 Å². The second kappa shape index (κ2) is 5.47. The monoisotopic (exact) mass is 240 g/mol. The Labute approximate surface area is 98.4 Å². The van der Waals surface area contributed by atoms with Crippen LogP contribution in [0.2, 0.25) is 0 Å². The molecule has 94 valence electrons. The smallest absolute Gasteiger partial charge is 0.330 e. The molecule has 1 heterocycles. The third-order valence-corrected chi connectivity index (χ3v) is 2.42. The molecule has 1 aromatic heterocycles. The molecule has 0 aliphatic heterocycles. The Morgan fingerprint density at radius 3 is 2.59 bits per heavy atom. The van der Waals surface area contributed by atoms with Gasteiger partial charge in [0.25, 0.3) is 5.56 Å². The summed E-state index contributed by atoms with van der Waals surface area (Å²) in [4.78, 5) is 34.3. The number of nitrogens with zero attached hydrogens (tertiary/aromatic N) is 2. The molecule has 0 saturated heterocycles. The molecule has 0 atom stereocenters. The van der Waals surface area contributed by atoms with Crippen LogP contribution in [-0.2, 0) is 30.0 Å². The maximum absolute atomic E-state index is 11.7. The largest absolute Gasteiger partial charge is 0.466 e. The lowest BCUT2D eigenvalue weighted by Crippen LogP contribution is -2.38. The van der Waals surface area contributed by atoms with Crippen LogP contribution in [0.25, 0.3) is 0 Å². The van der Waals surface area contributed by atoms with Crippen LogP contribution < -0.4 is 11.2 Å². The number of aryl methyl sites for hydroxylation is 2. The highest BCUT2D eigenvalue weighted by Gasteiger charge is 2.09. The summed E-state index contributed by atoms with van der Waals surface area (Å²) in [7, 11) is 2.98. The van der Waals surface area contributed by atoms with Gasteiger partial charge >= 0.3 is 11.7 Å². The first-order valence-corrected chi connectivity index (χ1v) is 5.38. The van der Waals surface area contributed by atoms with Gasteiger partial charge in [0.05, 0.1) is 6.61 Å². The number of carbonyl (C=O) groups excluding carboxylic acids is 1. The molecule has 0 unspecified atom stereocenters. The van der Waals surface area contributed by atoms with Crippen LogP contribution in [0.1, 0.15) is 18.9 Å². The second-order valence-electron chi connectivity index (χ2n) is 3.72. The highest BCUT2D eigenvalue weighted by Crippen LogP contribution is 1.96. The Bertz CT molecular complexity index is 527. The normalized spacial score (nSPS) is 10.3. The van der Waals surface area contributed by atoms with Crippen LogP contribution in [0.4, 0.5) is 0 Å². The number of aromatic nitrogens is 2. The van der Waals surface area contributed by atoms with Gasteiger partial charge in [-0.2, -0.15) is 0 Å². The fourth-order valence-corrected chi connectivity index (χ4v) is 1.52. The van der Waals surface area contributed by atoms with E-state index in [0.717, 1.165) is 4.57 Å². The summed E-state index contributed by atoms with van der Waals surface area (Å²) in [6, 6.07) is 0. The summed E-state index contributed by atoms with van der Waals surface area (Å²) in [5, 5.41) is 0. The molecule has 0 saturated carbocycles. The van der Waals surface area contributed by atoms with Gasteiger partial charge in [-0.15, -0.1) is 0 Å². The number of carbonyl (C=O) groups is 1. The predicted octanol–water partition coefficient (Wildman–Crippen LogP) is -0.420. The minimum Gasteiger partial charge on any atom is -0.466 e. The number of rotatable bonds is 4. The summed E-state index contributed by atoms with van der Waals surface area (Å²) < 4.78 is 7.12. The van der Waals surface area contributed by atoms with Crippen molar-refractivity contribution in [1.29, 1.82) is 0 Å². The first-order valence-electron chi connectivity index (χ1n) is 5.38. The van der Waals surface area contributed by atoms with E-state index >= 15 is 0 Å². The highest BCUT2D eigenvalue weighted by molar-refractivity contribution is 5.69. The van der Waals surface area contributed by atoms with Gasteiger partial charge in [-0.1, -0.05) is 0 Å². The minimum absolute atomic E-state index is 0.140. The summed E-state index contributed by atoms with van der Waals surface area (Å²) in [6.45, 7) is 2.05. The van der Waals surface area contributed by atoms with Crippen LogP contribution in [-0.4, -0.2) is 21.7 Å². The molecule has 0 aliphatic rings. The molecule has 0 aromatic carbocycles. The summed E-state index contributed by atoms with van der Waals surface area (Å²) in [5.74, 6) is -0.344. The van der Waals surface area contributed by atoms with Gasteiger partial charge in [0.2, 0.25) is 0 Å². The van der Waals surface area contributed by atoms with Crippen LogP contribution in [0.5, 0.6) is 0 Å². The Morgan fingerprint density at radius 1 is 1.35 bits per heavy atom. The van der Waals surface area contributed by atoms with Crippen molar-refractivity contribution in [3.63, 3.8) is 0 Å². The molecule has 1 rings (SSSR count). The van der Waals surface area contributed by atoms with Crippen LogP contribution in [0.15, 0.2) is 15.8 Å². The van der Waals surface area contributed by atoms with Gasteiger partial charge in [0, 0.05) is 32.3 Å². The van der Waals surface area contributed by atoms with E-state index < -0.39 is 0 Å². The Kier molecular flexibility index (Phi) is 4.25. The van der Waals surface area contributed by atoms with Gasteiger partial charge in [0.15, 0.2) is 0 Å². The van der Waals surface area contributed by atoms with E-state index in [1.54, 1.807) is 14.0 Å². The zero-order chi connectivity index (χ0) is 13.0. The van der Waals surface area contributed by atoms with Crippen LogP contribution in [0.3, 0.4) is 0 Å². The van der Waals surface area contributed by atoms with Crippen molar-refractivity contribution in [2.45, 2.75) is 19.8 Å². The second-order valence-corrected chi connectivity index (χ2v) is 3.72. The summed E-state index contributed by atoms with van der Waals surface area (Å²) >= 11 is 0. The van der Waals surface area contributed by atoms with Crippen molar-refractivity contribution in [1.82, 2.24) is 9.13 Å². The van der Waals surface area contributed by atoms with Gasteiger partial charge in [-0.3, -0.25) is 14.2 Å². The van der Waals surface area contributed by atoms with Crippen LogP contribution >= 0.6 is 0 Å². The summed E-state index contributed by atoms with van der Waals surface area (Å²) in [6.07, 6.45) is 1.88. The SMILES string of the molecule is CCOC(=O)CCc1cn(C)c(=O)n(C)c1=O. The van der Waals surface area contributed by atoms with Crippen LogP contribution in [0, 0.1) is 0 Å². The average Bonchev–Trinajstić information content (AvgIpc) is 2.30. The van der Waals surface area contributed by atoms with E-state index in [4.69, 9.17) is 4.74 Å². The van der Waals surface area contributed by atoms with E-state index in [1.807, 2.05) is 0 Å². The zero-order valence-electron chi connectivity index (χ0n) is 10.2. The molecular weight excluding hydrogens is 224 g/mol. The highest BCUT2D eigenvalue weighted by atomic mass is 16.5.